The van der Waals surface area contributed by atoms with Crippen LogP contribution in [0.5, 0.6) is 0 Å². The van der Waals surface area contributed by atoms with Gasteiger partial charge in [0, 0.05) is 23.5 Å². The van der Waals surface area contributed by atoms with Gasteiger partial charge in [-0.2, -0.15) is 0 Å². The monoisotopic (exact) mass is 357 g/mol. The second-order valence-electron chi connectivity index (χ2n) is 5.99. The molecule has 0 atom stereocenters. The third-order valence-corrected chi connectivity index (χ3v) is 4.17. The molecule has 1 aliphatic rings. The lowest BCUT2D eigenvalue weighted by atomic mass is 10.00. The molecule has 1 aliphatic carbocycles. The fourth-order valence-corrected chi connectivity index (χ4v) is 2.63. The number of aliphatic imine (C=N–C) groups is 1. The number of esters is 1. The number of carbonyl (C=O) groups is 1. The number of nitro groups is 1. The third-order valence-electron chi connectivity index (χ3n) is 4.17. The van der Waals surface area contributed by atoms with Crippen LogP contribution >= 0.6 is 0 Å². The molecule has 0 aromatic heterocycles. The van der Waals surface area contributed by atoms with Gasteiger partial charge in [-0.3, -0.25) is 15.1 Å². The van der Waals surface area contributed by atoms with Crippen LogP contribution in [0.4, 0.5) is 21.5 Å². The summed E-state index contributed by atoms with van der Waals surface area (Å²) in [6, 6.07) is 6.42. The zero-order valence-electron chi connectivity index (χ0n) is 13.9. The van der Waals surface area contributed by atoms with E-state index in [9.17, 15) is 19.3 Å². The van der Waals surface area contributed by atoms with E-state index in [-0.39, 0.29) is 11.4 Å². The molecule has 134 valence electrons. The first-order valence-electron chi connectivity index (χ1n) is 7.90. The van der Waals surface area contributed by atoms with Crippen LogP contribution in [-0.4, -0.2) is 24.2 Å². The van der Waals surface area contributed by atoms with E-state index >= 15 is 0 Å². The summed E-state index contributed by atoms with van der Waals surface area (Å²) in [7, 11) is 1.29. The highest BCUT2D eigenvalue weighted by atomic mass is 19.1. The van der Waals surface area contributed by atoms with Gasteiger partial charge >= 0.3 is 5.97 Å². The quantitative estimate of drug-likeness (QED) is 0.288. The van der Waals surface area contributed by atoms with Gasteiger partial charge < -0.3 is 10.5 Å². The molecule has 0 radical (unpaired) electrons. The number of ether oxygens (including phenoxy) is 1. The van der Waals surface area contributed by atoms with Gasteiger partial charge in [-0.1, -0.05) is 0 Å². The second-order valence-corrected chi connectivity index (χ2v) is 5.99. The van der Waals surface area contributed by atoms with Gasteiger partial charge in [0.25, 0.3) is 5.69 Å². The fourth-order valence-electron chi connectivity index (χ4n) is 2.63. The standard InChI is InChI=1S/C18H16FN3O4/c1-26-18(23)11-6-12(17(20)14(7-11)10-2-3-10)9-21-16-5-4-13(22(24)25)8-15(16)19/h4-10H,2-3,20H2,1H3. The molecule has 2 aromatic carbocycles. The molecule has 0 spiro atoms. The van der Waals surface area contributed by atoms with Gasteiger partial charge in [-0.15, -0.1) is 0 Å². The molecule has 0 unspecified atom stereocenters. The predicted molar refractivity (Wildman–Crippen MR) is 94.5 cm³/mol. The van der Waals surface area contributed by atoms with Crippen LogP contribution in [0, 0.1) is 15.9 Å². The highest BCUT2D eigenvalue weighted by Crippen LogP contribution is 2.44. The van der Waals surface area contributed by atoms with Gasteiger partial charge in [-0.05, 0) is 42.5 Å². The van der Waals surface area contributed by atoms with Crippen molar-refractivity contribution in [3.05, 3.63) is 63.0 Å². The summed E-state index contributed by atoms with van der Waals surface area (Å²) >= 11 is 0. The first-order chi connectivity index (χ1) is 12.4. The highest BCUT2D eigenvalue weighted by Gasteiger charge is 2.27. The minimum Gasteiger partial charge on any atom is -0.465 e. The lowest BCUT2D eigenvalue weighted by Gasteiger charge is -2.10. The molecule has 8 heteroatoms. The van der Waals surface area contributed by atoms with Crippen LogP contribution in [0.2, 0.25) is 0 Å². The van der Waals surface area contributed by atoms with Crippen molar-refractivity contribution in [2.24, 2.45) is 4.99 Å². The molecule has 0 amide bonds. The molecule has 1 saturated carbocycles. The lowest BCUT2D eigenvalue weighted by molar-refractivity contribution is -0.385. The van der Waals surface area contributed by atoms with Crippen molar-refractivity contribution in [2.75, 3.05) is 12.8 Å². The van der Waals surface area contributed by atoms with Gasteiger partial charge in [0.15, 0.2) is 5.82 Å². The number of carbonyl (C=O) groups excluding carboxylic acids is 1. The molecule has 0 aliphatic heterocycles. The highest BCUT2D eigenvalue weighted by molar-refractivity contribution is 5.97. The molecule has 0 bridgehead atoms. The predicted octanol–water partition coefficient (Wildman–Crippen LogP) is 3.73. The molecule has 0 heterocycles. The number of non-ortho nitro benzene ring substituents is 1. The maximum Gasteiger partial charge on any atom is 0.337 e. The van der Waals surface area contributed by atoms with Crippen molar-refractivity contribution in [3.8, 4) is 0 Å². The average molecular weight is 357 g/mol. The van der Waals surface area contributed by atoms with Gasteiger partial charge in [-0.25, -0.2) is 9.18 Å². The van der Waals surface area contributed by atoms with E-state index in [1.807, 2.05) is 0 Å². The van der Waals surface area contributed by atoms with E-state index in [1.165, 1.54) is 31.5 Å². The number of nitrogens with zero attached hydrogens (tertiary/aromatic N) is 2. The summed E-state index contributed by atoms with van der Waals surface area (Å²) in [5.41, 5.74) is 7.89. The van der Waals surface area contributed by atoms with Crippen molar-refractivity contribution in [1.29, 1.82) is 0 Å². The molecule has 1 fully saturated rings. The van der Waals surface area contributed by atoms with Crippen LogP contribution in [-0.2, 0) is 4.74 Å². The zero-order chi connectivity index (χ0) is 18.8. The van der Waals surface area contributed by atoms with Crippen LogP contribution in [0.1, 0.15) is 40.2 Å². The number of halogens is 1. The van der Waals surface area contributed by atoms with Gasteiger partial charge in [0.1, 0.15) is 0 Å². The first-order valence-corrected chi connectivity index (χ1v) is 7.90. The number of anilines is 1. The number of nitro benzene ring substituents is 1. The molecular weight excluding hydrogens is 341 g/mol. The Morgan fingerprint density at radius 1 is 1.38 bits per heavy atom. The first kappa shape index (κ1) is 17.5. The minimum atomic E-state index is -0.819. The van der Waals surface area contributed by atoms with E-state index in [2.05, 4.69) is 4.99 Å². The number of hydrogen-bond acceptors (Lipinski definition) is 6. The maximum absolute atomic E-state index is 14.0. The van der Waals surface area contributed by atoms with Crippen molar-refractivity contribution < 1.29 is 18.8 Å². The van der Waals surface area contributed by atoms with Gasteiger partial charge in [0.05, 0.1) is 29.4 Å². The largest absolute Gasteiger partial charge is 0.465 e. The van der Waals surface area contributed by atoms with E-state index < -0.39 is 16.7 Å². The van der Waals surface area contributed by atoms with E-state index in [0.717, 1.165) is 24.5 Å². The summed E-state index contributed by atoms with van der Waals surface area (Å²) in [5, 5.41) is 10.7. The molecule has 26 heavy (non-hydrogen) atoms. The Morgan fingerprint density at radius 3 is 2.69 bits per heavy atom. The van der Waals surface area contributed by atoms with Crippen molar-refractivity contribution in [2.45, 2.75) is 18.8 Å². The zero-order valence-corrected chi connectivity index (χ0v) is 13.9. The summed E-state index contributed by atoms with van der Waals surface area (Å²) in [6.45, 7) is 0. The second kappa shape index (κ2) is 6.91. The average Bonchev–Trinajstić information content (AvgIpc) is 3.45. The van der Waals surface area contributed by atoms with E-state index in [0.29, 0.717) is 22.7 Å². The molecule has 2 N–H and O–H groups in total. The van der Waals surface area contributed by atoms with Gasteiger partial charge in [0.2, 0.25) is 0 Å². The fraction of sp³-hybridized carbons (Fsp3) is 0.222. The van der Waals surface area contributed by atoms with Crippen LogP contribution < -0.4 is 5.73 Å². The lowest BCUT2D eigenvalue weighted by Crippen LogP contribution is -2.06. The van der Waals surface area contributed by atoms with Crippen molar-refractivity contribution in [1.82, 2.24) is 0 Å². The number of nitrogens with two attached hydrogens (primary N) is 1. The smallest absolute Gasteiger partial charge is 0.337 e. The molecule has 7 nitrogen and oxygen atoms in total. The molecular formula is C18H16FN3O4. The Labute approximate surface area is 148 Å². The summed E-state index contributed by atoms with van der Waals surface area (Å²) in [6.07, 6.45) is 3.32. The summed E-state index contributed by atoms with van der Waals surface area (Å²) in [4.78, 5) is 25.9. The number of nitrogen functional groups attached to an aromatic ring is 1. The number of rotatable bonds is 5. The Balaban J connectivity index is 1.98. The van der Waals surface area contributed by atoms with Crippen molar-refractivity contribution in [3.63, 3.8) is 0 Å². The molecule has 0 saturated heterocycles. The normalized spacial score (nSPS) is 13.8. The Bertz CT molecular complexity index is 923. The minimum absolute atomic E-state index is 0.0635. The third kappa shape index (κ3) is 3.53. The summed E-state index contributed by atoms with van der Waals surface area (Å²) < 4.78 is 18.7. The Morgan fingerprint density at radius 2 is 2.12 bits per heavy atom. The van der Waals surface area contributed by atoms with E-state index in [4.69, 9.17) is 10.5 Å². The van der Waals surface area contributed by atoms with E-state index in [1.54, 1.807) is 6.07 Å². The Kier molecular flexibility index (Phi) is 4.66. The Hall–Kier alpha value is -3.29. The van der Waals surface area contributed by atoms with Crippen LogP contribution in [0.25, 0.3) is 0 Å². The topological polar surface area (TPSA) is 108 Å². The number of benzene rings is 2. The molecule has 3 rings (SSSR count). The molecule has 2 aromatic rings. The summed E-state index contributed by atoms with van der Waals surface area (Å²) in [5.74, 6) is -1.02. The van der Waals surface area contributed by atoms with Crippen LogP contribution in [0.15, 0.2) is 35.3 Å². The SMILES string of the molecule is COC(=O)c1cc(C=Nc2ccc([N+](=O)[O-])cc2F)c(N)c(C2CC2)c1. The maximum atomic E-state index is 14.0. The van der Waals surface area contributed by atoms with Crippen molar-refractivity contribution >= 4 is 29.2 Å². The van der Waals surface area contributed by atoms with Crippen LogP contribution in [0.3, 0.4) is 0 Å². The number of methoxy groups -OCH3 is 1. The number of hydrogen-bond donors (Lipinski definition) is 1.